The minimum absolute atomic E-state index is 0.0459. The molecule has 0 saturated carbocycles. The van der Waals surface area contributed by atoms with Gasteiger partial charge in [0, 0.05) is 18.6 Å². The zero-order chi connectivity index (χ0) is 14.9. The topological polar surface area (TPSA) is 86.7 Å². The molecule has 2 N–H and O–H groups in total. The molecule has 6 nitrogen and oxygen atoms in total. The Morgan fingerprint density at radius 3 is 2.42 bits per heavy atom. The van der Waals surface area contributed by atoms with Crippen LogP contribution in [-0.2, 0) is 15.0 Å². The van der Waals surface area contributed by atoms with Crippen LogP contribution in [0.1, 0.15) is 47.0 Å². The van der Waals surface area contributed by atoms with Crippen molar-refractivity contribution in [3.63, 3.8) is 0 Å². The average molecular weight is 292 g/mol. The highest BCUT2D eigenvalue weighted by Gasteiger charge is 2.44. The summed E-state index contributed by atoms with van der Waals surface area (Å²) < 4.78 is 28.3. The predicted octanol–water partition coefficient (Wildman–Crippen LogP) is 1.20. The van der Waals surface area contributed by atoms with Crippen molar-refractivity contribution in [2.75, 3.05) is 13.1 Å². The van der Waals surface area contributed by atoms with Crippen molar-refractivity contribution in [2.45, 2.75) is 52.5 Å². The van der Waals surface area contributed by atoms with E-state index in [1.165, 1.54) is 4.31 Å². The molecule has 1 aliphatic rings. The summed E-state index contributed by atoms with van der Waals surface area (Å²) in [5, 5.41) is 9.36. The molecular weight excluding hydrogens is 268 g/mol. The van der Waals surface area contributed by atoms with Crippen LogP contribution >= 0.6 is 0 Å². The quantitative estimate of drug-likeness (QED) is 0.815. The number of nitrogens with one attached hydrogen (secondary N) is 1. The zero-order valence-corrected chi connectivity index (χ0v) is 12.9. The minimum atomic E-state index is -3.64. The van der Waals surface area contributed by atoms with Crippen LogP contribution in [0, 0.1) is 5.41 Å². The molecule has 1 atom stereocenters. The highest BCUT2D eigenvalue weighted by molar-refractivity contribution is 7.87. The fourth-order valence-corrected chi connectivity index (χ4v) is 4.05. The first-order chi connectivity index (χ1) is 8.52. The highest BCUT2D eigenvalue weighted by Crippen LogP contribution is 2.34. The van der Waals surface area contributed by atoms with Gasteiger partial charge in [-0.1, -0.05) is 6.92 Å². The first kappa shape index (κ1) is 16.4. The van der Waals surface area contributed by atoms with E-state index in [1.807, 2.05) is 0 Å². The lowest BCUT2D eigenvalue weighted by Gasteiger charge is -2.39. The minimum Gasteiger partial charge on any atom is -0.481 e. The number of hydrogen-bond donors (Lipinski definition) is 2. The number of carbonyl (C=O) groups is 1. The third kappa shape index (κ3) is 3.90. The van der Waals surface area contributed by atoms with Gasteiger partial charge in [0.15, 0.2) is 0 Å². The van der Waals surface area contributed by atoms with E-state index >= 15 is 0 Å². The molecule has 19 heavy (non-hydrogen) atoms. The molecule has 0 amide bonds. The average Bonchev–Trinajstić information content (AvgIpc) is 2.25. The van der Waals surface area contributed by atoms with Crippen molar-refractivity contribution in [1.29, 1.82) is 0 Å². The van der Waals surface area contributed by atoms with Crippen molar-refractivity contribution >= 4 is 16.2 Å². The van der Waals surface area contributed by atoms with Crippen molar-refractivity contribution in [1.82, 2.24) is 9.03 Å². The van der Waals surface area contributed by atoms with E-state index in [-0.39, 0.29) is 6.54 Å². The van der Waals surface area contributed by atoms with Crippen LogP contribution in [0.15, 0.2) is 0 Å². The van der Waals surface area contributed by atoms with E-state index in [1.54, 1.807) is 27.7 Å². The van der Waals surface area contributed by atoms with E-state index in [9.17, 15) is 18.3 Å². The number of carboxylic acid groups (broad SMARTS) is 1. The Balaban J connectivity index is 2.94. The molecular formula is C12H24N2O4S. The summed E-state index contributed by atoms with van der Waals surface area (Å²) in [6.07, 6.45) is 1.54. The van der Waals surface area contributed by atoms with Gasteiger partial charge >= 0.3 is 5.97 Å². The second kappa shape index (κ2) is 5.38. The fraction of sp³-hybridized carbons (Fsp3) is 0.917. The second-order valence-corrected chi connectivity index (χ2v) is 7.90. The van der Waals surface area contributed by atoms with Gasteiger partial charge in [-0.05, 0) is 40.0 Å². The van der Waals surface area contributed by atoms with E-state index in [0.717, 1.165) is 0 Å². The maximum Gasteiger partial charge on any atom is 0.310 e. The van der Waals surface area contributed by atoms with Crippen LogP contribution in [0.5, 0.6) is 0 Å². The van der Waals surface area contributed by atoms with Gasteiger partial charge in [0.05, 0.1) is 5.41 Å². The third-order valence-electron chi connectivity index (χ3n) is 3.45. The van der Waals surface area contributed by atoms with Crippen LogP contribution in [0.3, 0.4) is 0 Å². The largest absolute Gasteiger partial charge is 0.481 e. The molecule has 0 aromatic heterocycles. The van der Waals surface area contributed by atoms with Gasteiger partial charge in [0.25, 0.3) is 10.2 Å². The van der Waals surface area contributed by atoms with Crippen molar-refractivity contribution in [3.05, 3.63) is 0 Å². The monoisotopic (exact) mass is 292 g/mol. The zero-order valence-electron chi connectivity index (χ0n) is 12.1. The molecule has 0 spiro atoms. The Morgan fingerprint density at radius 2 is 2.00 bits per heavy atom. The summed E-state index contributed by atoms with van der Waals surface area (Å²) in [6.45, 7) is 7.50. The summed E-state index contributed by atoms with van der Waals surface area (Å²) in [6, 6.07) is 0. The van der Waals surface area contributed by atoms with Crippen molar-refractivity contribution in [2.24, 2.45) is 5.41 Å². The van der Waals surface area contributed by atoms with Gasteiger partial charge in [0.1, 0.15) is 0 Å². The van der Waals surface area contributed by atoms with E-state index < -0.39 is 27.1 Å². The molecule has 1 fully saturated rings. The normalized spacial score (nSPS) is 26.3. The van der Waals surface area contributed by atoms with E-state index in [2.05, 4.69) is 4.72 Å². The standard InChI is InChI=1S/C12H24N2O4S/c1-5-12(10(15)16)7-6-8-14(9-12)19(17,18)13-11(2,3)4/h13H,5-9H2,1-4H3,(H,15,16). The number of aliphatic carboxylic acids is 1. The first-order valence-corrected chi connectivity index (χ1v) is 7.99. The molecule has 0 aliphatic carbocycles. The van der Waals surface area contributed by atoms with Crippen LogP contribution < -0.4 is 4.72 Å². The van der Waals surface area contributed by atoms with Crippen LogP contribution in [0.25, 0.3) is 0 Å². The molecule has 0 bridgehead atoms. The van der Waals surface area contributed by atoms with Gasteiger partial charge < -0.3 is 5.11 Å². The van der Waals surface area contributed by atoms with Gasteiger partial charge in [-0.15, -0.1) is 0 Å². The number of piperidine rings is 1. The predicted molar refractivity (Wildman–Crippen MR) is 73.0 cm³/mol. The molecule has 1 unspecified atom stereocenters. The Kier molecular flexibility index (Phi) is 4.64. The van der Waals surface area contributed by atoms with Crippen molar-refractivity contribution < 1.29 is 18.3 Å². The van der Waals surface area contributed by atoms with Gasteiger partial charge in [-0.3, -0.25) is 4.79 Å². The number of nitrogens with zero attached hydrogens (tertiary/aromatic N) is 1. The molecule has 0 aromatic rings. The van der Waals surface area contributed by atoms with Crippen LogP contribution in [-0.4, -0.2) is 42.4 Å². The summed E-state index contributed by atoms with van der Waals surface area (Å²) in [5.74, 6) is -0.911. The fourth-order valence-electron chi connectivity index (χ4n) is 2.36. The lowest BCUT2D eigenvalue weighted by Crippen LogP contribution is -2.55. The van der Waals surface area contributed by atoms with Crippen LogP contribution in [0.2, 0.25) is 0 Å². The Labute approximate surface area is 115 Å². The molecule has 0 aromatic carbocycles. The summed E-state index contributed by atoms with van der Waals surface area (Å²) in [7, 11) is -3.64. The summed E-state index contributed by atoms with van der Waals surface area (Å²) >= 11 is 0. The third-order valence-corrected chi connectivity index (χ3v) is 5.31. The Hall–Kier alpha value is -0.660. The second-order valence-electron chi connectivity index (χ2n) is 6.23. The summed E-state index contributed by atoms with van der Waals surface area (Å²) in [4.78, 5) is 11.4. The highest BCUT2D eigenvalue weighted by atomic mass is 32.2. The molecule has 1 heterocycles. The smallest absolute Gasteiger partial charge is 0.310 e. The lowest BCUT2D eigenvalue weighted by atomic mass is 9.78. The van der Waals surface area contributed by atoms with Gasteiger partial charge in [-0.2, -0.15) is 17.4 Å². The maximum atomic E-state index is 12.2. The van der Waals surface area contributed by atoms with E-state index in [0.29, 0.717) is 25.8 Å². The SMILES string of the molecule is CCC1(C(=O)O)CCCN(S(=O)(=O)NC(C)(C)C)C1. The number of rotatable bonds is 4. The molecule has 7 heteroatoms. The van der Waals surface area contributed by atoms with Gasteiger partial charge in [0.2, 0.25) is 0 Å². The number of hydrogen-bond acceptors (Lipinski definition) is 3. The van der Waals surface area contributed by atoms with Gasteiger partial charge in [-0.25, -0.2) is 0 Å². The molecule has 1 aliphatic heterocycles. The van der Waals surface area contributed by atoms with Crippen LogP contribution in [0.4, 0.5) is 0 Å². The lowest BCUT2D eigenvalue weighted by molar-refractivity contribution is -0.151. The number of carboxylic acids is 1. The molecule has 1 rings (SSSR count). The first-order valence-electron chi connectivity index (χ1n) is 6.55. The Bertz CT molecular complexity index is 441. The van der Waals surface area contributed by atoms with Crippen molar-refractivity contribution in [3.8, 4) is 0 Å². The maximum absolute atomic E-state index is 12.2. The Morgan fingerprint density at radius 1 is 1.42 bits per heavy atom. The molecule has 112 valence electrons. The molecule has 1 saturated heterocycles. The molecule has 0 radical (unpaired) electrons. The summed E-state index contributed by atoms with van der Waals surface area (Å²) in [5.41, 5.74) is -1.53. The van der Waals surface area contributed by atoms with E-state index in [4.69, 9.17) is 0 Å².